The van der Waals surface area contributed by atoms with Gasteiger partial charge in [-0.15, -0.1) is 0 Å². The van der Waals surface area contributed by atoms with E-state index in [0.717, 1.165) is 39.0 Å². The first-order valence-corrected chi connectivity index (χ1v) is 21.0. The van der Waals surface area contributed by atoms with Crippen LogP contribution in [0.3, 0.4) is 0 Å². The molecule has 0 saturated carbocycles. The zero-order chi connectivity index (χ0) is 39.7. The third-order valence-electron chi connectivity index (χ3n) is 13.9. The molecule has 13 rings (SSSR count). The lowest BCUT2D eigenvalue weighted by Crippen LogP contribution is -2.25. The quantitative estimate of drug-likeness (QED) is 0.177. The molecule has 10 aromatic rings. The van der Waals surface area contributed by atoms with Crippen molar-refractivity contribution in [3.63, 3.8) is 0 Å². The highest BCUT2D eigenvalue weighted by Crippen LogP contribution is 2.64. The molecule has 2 heteroatoms. The topological polar surface area (TPSA) is 16.4 Å². The van der Waals surface area contributed by atoms with Gasteiger partial charge in [-0.2, -0.15) is 0 Å². The molecule has 0 radical (unpaired) electrons. The Kier molecular flexibility index (Phi) is 6.74. The van der Waals surface area contributed by atoms with E-state index in [-0.39, 0.29) is 5.41 Å². The summed E-state index contributed by atoms with van der Waals surface area (Å²) >= 11 is 0. The minimum atomic E-state index is -0.479. The second kappa shape index (κ2) is 12.1. The summed E-state index contributed by atoms with van der Waals surface area (Å²) in [6, 6.07) is 74.0. The van der Waals surface area contributed by atoms with Crippen LogP contribution in [0.5, 0.6) is 0 Å². The van der Waals surface area contributed by atoms with Gasteiger partial charge in [0.25, 0.3) is 0 Å². The van der Waals surface area contributed by atoms with E-state index in [0.29, 0.717) is 0 Å². The molecule has 0 amide bonds. The van der Waals surface area contributed by atoms with Crippen molar-refractivity contribution in [1.29, 1.82) is 0 Å². The third kappa shape index (κ3) is 4.32. The maximum absolute atomic E-state index is 6.78. The number of hydrogen-bond donors (Lipinski definition) is 0. The fourth-order valence-electron chi connectivity index (χ4n) is 11.2. The molecule has 0 unspecified atom stereocenters. The molecule has 1 heterocycles. The van der Waals surface area contributed by atoms with Crippen LogP contribution < -0.4 is 4.90 Å². The van der Waals surface area contributed by atoms with E-state index >= 15 is 0 Å². The van der Waals surface area contributed by atoms with E-state index in [1.165, 1.54) is 77.9 Å². The van der Waals surface area contributed by atoms with Crippen LogP contribution in [-0.4, -0.2) is 0 Å². The van der Waals surface area contributed by atoms with Crippen LogP contribution in [0.1, 0.15) is 47.2 Å². The van der Waals surface area contributed by atoms with Gasteiger partial charge in [0.05, 0.1) is 5.41 Å². The molecular weight excluding hydrogens is 727 g/mol. The van der Waals surface area contributed by atoms with E-state index in [9.17, 15) is 0 Å². The molecule has 1 spiro atoms. The van der Waals surface area contributed by atoms with Crippen molar-refractivity contribution >= 4 is 39.0 Å². The molecule has 0 aliphatic heterocycles. The standard InChI is InChI=1S/C58H39NO/c1-57(2)51-33-36(25-28-42(51)43-30-27-40(35-52(43)57)59(38-15-5-3-6-16-38)39-17-7-4-8-18-39)37-26-29-44-41-19-9-12-22-48(41)58(53(44)34-37)49-23-13-10-21-47(49)55-50(58)32-31-46-45-20-11-14-24-54(45)60-56(46)55/h3-35H,1-2H3/t58-/m0/s1. The lowest BCUT2D eigenvalue weighted by molar-refractivity contribution is 0.660. The Bertz CT molecular complexity index is 3370. The summed E-state index contributed by atoms with van der Waals surface area (Å²) in [5, 5.41) is 2.32. The Labute approximate surface area is 349 Å². The van der Waals surface area contributed by atoms with Gasteiger partial charge in [0.15, 0.2) is 0 Å². The van der Waals surface area contributed by atoms with Crippen LogP contribution in [0.15, 0.2) is 205 Å². The molecule has 0 N–H and O–H groups in total. The lowest BCUT2D eigenvalue weighted by Gasteiger charge is -2.30. The van der Waals surface area contributed by atoms with Gasteiger partial charge in [-0.3, -0.25) is 0 Å². The van der Waals surface area contributed by atoms with Crippen LogP contribution in [0.25, 0.3) is 66.4 Å². The first kappa shape index (κ1) is 33.5. The van der Waals surface area contributed by atoms with Crippen LogP contribution >= 0.6 is 0 Å². The van der Waals surface area contributed by atoms with E-state index in [4.69, 9.17) is 4.42 Å². The van der Waals surface area contributed by atoms with Gasteiger partial charge >= 0.3 is 0 Å². The van der Waals surface area contributed by atoms with Gasteiger partial charge in [-0.25, -0.2) is 0 Å². The zero-order valence-corrected chi connectivity index (χ0v) is 33.4. The number of fused-ring (bicyclic) bond motifs is 17. The van der Waals surface area contributed by atoms with Gasteiger partial charge in [0.2, 0.25) is 0 Å². The minimum absolute atomic E-state index is 0.203. The van der Waals surface area contributed by atoms with Crippen LogP contribution in [-0.2, 0) is 10.8 Å². The maximum atomic E-state index is 6.78. The summed E-state index contributed by atoms with van der Waals surface area (Å²) in [6.07, 6.45) is 0. The number of benzene rings is 9. The number of furan rings is 1. The highest BCUT2D eigenvalue weighted by atomic mass is 16.3. The lowest BCUT2D eigenvalue weighted by atomic mass is 9.70. The second-order valence-corrected chi connectivity index (χ2v) is 17.2. The molecule has 0 saturated heterocycles. The first-order valence-electron chi connectivity index (χ1n) is 21.0. The summed E-state index contributed by atoms with van der Waals surface area (Å²) < 4.78 is 6.78. The van der Waals surface area contributed by atoms with Gasteiger partial charge < -0.3 is 9.32 Å². The Morgan fingerprint density at radius 3 is 1.62 bits per heavy atom. The summed E-state index contributed by atoms with van der Waals surface area (Å²) in [5.74, 6) is 0. The summed E-state index contributed by atoms with van der Waals surface area (Å²) in [4.78, 5) is 2.36. The number of rotatable bonds is 4. The van der Waals surface area contributed by atoms with Gasteiger partial charge in [0.1, 0.15) is 11.2 Å². The third-order valence-corrected chi connectivity index (χ3v) is 13.9. The molecular formula is C58H39NO. The number of hydrogen-bond acceptors (Lipinski definition) is 2. The molecule has 1 aromatic heterocycles. The largest absolute Gasteiger partial charge is 0.455 e. The van der Waals surface area contributed by atoms with E-state index in [1.54, 1.807) is 0 Å². The van der Waals surface area contributed by atoms with Crippen molar-refractivity contribution in [1.82, 2.24) is 0 Å². The van der Waals surface area contributed by atoms with Gasteiger partial charge in [-0.1, -0.05) is 159 Å². The Morgan fingerprint density at radius 2 is 0.900 bits per heavy atom. The Morgan fingerprint density at radius 1 is 0.367 bits per heavy atom. The summed E-state index contributed by atoms with van der Waals surface area (Å²) in [5.41, 5.74) is 22.8. The Balaban J connectivity index is 0.970. The summed E-state index contributed by atoms with van der Waals surface area (Å²) in [6.45, 7) is 4.78. The number of anilines is 3. The van der Waals surface area contributed by atoms with Crippen LogP contribution in [0, 0.1) is 0 Å². The fourth-order valence-corrected chi connectivity index (χ4v) is 11.2. The van der Waals surface area contributed by atoms with E-state index < -0.39 is 5.41 Å². The first-order chi connectivity index (χ1) is 29.5. The molecule has 282 valence electrons. The molecule has 9 aromatic carbocycles. The fraction of sp³-hybridized carbons (Fsp3) is 0.0690. The SMILES string of the molecule is CC1(C)c2cc(-c3ccc4c(c3)[C@@]3(c5ccccc5-4)c4ccccc4-c4c3ccc3c4oc4ccccc43)ccc2-c2ccc(N(c3ccccc3)c3ccccc3)cc21. The molecule has 1 atom stereocenters. The minimum Gasteiger partial charge on any atom is -0.455 e. The molecule has 0 fully saturated rings. The smallest absolute Gasteiger partial charge is 0.143 e. The highest BCUT2D eigenvalue weighted by Gasteiger charge is 2.52. The normalized spacial score (nSPS) is 16.0. The molecule has 2 nitrogen and oxygen atoms in total. The van der Waals surface area contributed by atoms with Crippen molar-refractivity contribution in [3.8, 4) is 44.5 Å². The van der Waals surface area contributed by atoms with Crippen molar-refractivity contribution in [2.24, 2.45) is 0 Å². The van der Waals surface area contributed by atoms with Gasteiger partial charge in [0, 0.05) is 38.8 Å². The van der Waals surface area contributed by atoms with Crippen molar-refractivity contribution in [2.45, 2.75) is 24.7 Å². The molecule has 0 bridgehead atoms. The number of nitrogens with zero attached hydrogens (tertiary/aromatic N) is 1. The van der Waals surface area contributed by atoms with Crippen molar-refractivity contribution < 1.29 is 4.42 Å². The van der Waals surface area contributed by atoms with Crippen molar-refractivity contribution in [2.75, 3.05) is 4.90 Å². The van der Waals surface area contributed by atoms with Crippen LogP contribution in [0.2, 0.25) is 0 Å². The molecule has 60 heavy (non-hydrogen) atoms. The average Bonchev–Trinajstić information content (AvgIpc) is 3.99. The summed E-state index contributed by atoms with van der Waals surface area (Å²) in [7, 11) is 0. The Hall–Kier alpha value is -7.42. The van der Waals surface area contributed by atoms with E-state index in [2.05, 4.69) is 219 Å². The molecule has 3 aliphatic carbocycles. The average molecular weight is 766 g/mol. The predicted molar refractivity (Wildman–Crippen MR) is 248 cm³/mol. The predicted octanol–water partition coefficient (Wildman–Crippen LogP) is 15.4. The van der Waals surface area contributed by atoms with Crippen molar-refractivity contribution in [3.05, 3.63) is 234 Å². The number of para-hydroxylation sites is 3. The monoisotopic (exact) mass is 765 g/mol. The van der Waals surface area contributed by atoms with Crippen LogP contribution in [0.4, 0.5) is 17.1 Å². The zero-order valence-electron chi connectivity index (χ0n) is 33.4. The van der Waals surface area contributed by atoms with E-state index in [1.807, 2.05) is 0 Å². The highest BCUT2D eigenvalue weighted by molar-refractivity contribution is 6.13. The van der Waals surface area contributed by atoms with Gasteiger partial charge in [-0.05, 0) is 127 Å². The second-order valence-electron chi connectivity index (χ2n) is 17.2. The maximum Gasteiger partial charge on any atom is 0.143 e. The molecule has 3 aliphatic rings.